The van der Waals surface area contributed by atoms with Gasteiger partial charge in [-0.25, -0.2) is 15.1 Å². The predicted octanol–water partition coefficient (Wildman–Crippen LogP) is 2.81. The van der Waals surface area contributed by atoms with Crippen molar-refractivity contribution in [3.05, 3.63) is 65.2 Å². The monoisotopic (exact) mass is 351 g/mol. The molecule has 0 saturated carbocycles. The highest BCUT2D eigenvalue weighted by molar-refractivity contribution is 5.91. The topological polar surface area (TPSA) is 85.9 Å². The van der Waals surface area contributed by atoms with Crippen molar-refractivity contribution < 1.29 is 14.3 Å². The molecule has 0 bridgehead atoms. The molecule has 6 heteroatoms. The van der Waals surface area contributed by atoms with Gasteiger partial charge in [0.2, 0.25) is 0 Å². The van der Waals surface area contributed by atoms with Gasteiger partial charge in [-0.2, -0.15) is 0 Å². The lowest BCUT2D eigenvalue weighted by Crippen LogP contribution is -2.35. The third kappa shape index (κ3) is 3.49. The molecule has 0 radical (unpaired) electrons. The molecule has 0 aromatic heterocycles. The molecule has 1 aliphatic heterocycles. The van der Waals surface area contributed by atoms with Crippen molar-refractivity contribution in [3.63, 3.8) is 0 Å². The van der Waals surface area contributed by atoms with Gasteiger partial charge in [0, 0.05) is 12.1 Å². The number of benzene rings is 2. The number of amidine groups is 1. The Labute approximate surface area is 152 Å². The Hall–Kier alpha value is -3.02. The molecule has 6 nitrogen and oxygen atoms in total. The van der Waals surface area contributed by atoms with E-state index in [-0.39, 0.29) is 18.2 Å². The van der Waals surface area contributed by atoms with E-state index in [1.165, 1.54) is 11.1 Å². The maximum Gasteiger partial charge on any atom is 0.415 e. The zero-order valence-corrected chi connectivity index (χ0v) is 14.4. The van der Waals surface area contributed by atoms with E-state index in [4.69, 9.17) is 15.2 Å². The number of aryl methyl sites for hydroxylation is 1. The van der Waals surface area contributed by atoms with Crippen molar-refractivity contribution in [1.82, 2.24) is 5.32 Å². The maximum absolute atomic E-state index is 12.0. The molecule has 1 atom stereocenters. The first-order chi connectivity index (χ1) is 12.6. The maximum atomic E-state index is 12.0. The van der Waals surface area contributed by atoms with Crippen molar-refractivity contribution in [2.75, 3.05) is 12.3 Å². The Morgan fingerprint density at radius 1 is 1.23 bits per heavy atom. The van der Waals surface area contributed by atoms with Gasteiger partial charge in [0.05, 0.1) is 0 Å². The van der Waals surface area contributed by atoms with E-state index in [1.807, 2.05) is 42.5 Å². The van der Waals surface area contributed by atoms with Crippen molar-refractivity contribution in [2.45, 2.75) is 31.4 Å². The van der Waals surface area contributed by atoms with Crippen LogP contribution in [-0.4, -0.2) is 24.3 Å². The third-order valence-corrected chi connectivity index (χ3v) is 4.85. The second-order valence-electron chi connectivity index (χ2n) is 6.82. The number of anilines is 1. The molecule has 2 aromatic rings. The van der Waals surface area contributed by atoms with Crippen molar-refractivity contribution in [1.29, 1.82) is 0 Å². The first kappa shape index (κ1) is 16.4. The van der Waals surface area contributed by atoms with Crippen LogP contribution in [0.3, 0.4) is 0 Å². The Balaban J connectivity index is 1.38. The minimum absolute atomic E-state index is 0.206. The summed E-state index contributed by atoms with van der Waals surface area (Å²) in [6, 6.07) is 15.8. The summed E-state index contributed by atoms with van der Waals surface area (Å²) in [4.78, 5) is 16.6. The predicted molar refractivity (Wildman–Crippen MR) is 98.8 cm³/mol. The molecule has 1 amide bonds. The number of carbonyl (C=O) groups excluding carboxylic acids is 1. The molecule has 26 heavy (non-hydrogen) atoms. The van der Waals surface area contributed by atoms with E-state index in [9.17, 15) is 4.79 Å². The van der Waals surface area contributed by atoms with Crippen LogP contribution in [0, 0.1) is 0 Å². The minimum Gasteiger partial charge on any atom is -0.462 e. The van der Waals surface area contributed by atoms with Gasteiger partial charge < -0.3 is 15.2 Å². The highest BCUT2D eigenvalue weighted by Crippen LogP contribution is 2.35. The van der Waals surface area contributed by atoms with Crippen LogP contribution < -0.4 is 11.1 Å². The second kappa shape index (κ2) is 6.71. The fourth-order valence-electron chi connectivity index (χ4n) is 3.48. The number of alkyl carbamates (subject to hydrolysis) is 1. The molecule has 134 valence electrons. The molecule has 1 heterocycles. The third-order valence-electron chi connectivity index (χ3n) is 4.85. The molecular formula is C20H21N3O3. The van der Waals surface area contributed by atoms with Crippen molar-refractivity contribution >= 4 is 17.8 Å². The zero-order chi connectivity index (χ0) is 18.0. The van der Waals surface area contributed by atoms with E-state index in [1.54, 1.807) is 0 Å². The number of fused-ring (bicyclic) bond motifs is 1. The fraction of sp³-hybridized carbons (Fsp3) is 0.300. The van der Waals surface area contributed by atoms with Gasteiger partial charge in [0.1, 0.15) is 18.8 Å². The number of hydrogen-bond acceptors (Lipinski definition) is 5. The summed E-state index contributed by atoms with van der Waals surface area (Å²) < 4.78 is 10.8. The number of amides is 1. The quantitative estimate of drug-likeness (QED) is 0.815. The summed E-state index contributed by atoms with van der Waals surface area (Å²) in [5.41, 5.74) is 9.77. The molecule has 3 N–H and O–H groups in total. The highest BCUT2D eigenvalue weighted by atomic mass is 16.6. The number of ether oxygens (including phenoxy) is 2. The minimum atomic E-state index is -0.565. The van der Waals surface area contributed by atoms with Crippen LogP contribution in [0.25, 0.3) is 0 Å². The number of rotatable bonds is 2. The second-order valence-corrected chi connectivity index (χ2v) is 6.82. The number of nitrogen functional groups attached to an aromatic ring is 1. The SMILES string of the molecule is Nc1ccc2c(c1)CC1(CC2)COC(NC(=O)OCc2ccccc2)=N1. The summed E-state index contributed by atoms with van der Waals surface area (Å²) in [6.45, 7) is 0.660. The van der Waals surface area contributed by atoms with Gasteiger partial charge in [0.15, 0.2) is 0 Å². The number of hydrogen-bond donors (Lipinski definition) is 2. The Morgan fingerprint density at radius 2 is 2.08 bits per heavy atom. The number of carbonyl (C=O) groups is 1. The van der Waals surface area contributed by atoms with Gasteiger partial charge in [-0.3, -0.25) is 0 Å². The van der Waals surface area contributed by atoms with Crippen molar-refractivity contribution in [3.8, 4) is 0 Å². The Bertz CT molecular complexity index is 851. The van der Waals surface area contributed by atoms with Gasteiger partial charge in [-0.15, -0.1) is 0 Å². The molecule has 1 aliphatic carbocycles. The van der Waals surface area contributed by atoms with Crippen LogP contribution in [0.4, 0.5) is 10.5 Å². The Kier molecular flexibility index (Phi) is 4.24. The standard InChI is InChI=1S/C20H21N3O3/c21-17-7-6-15-8-9-20(11-16(15)10-17)13-26-18(23-20)22-19(24)25-12-14-4-2-1-3-5-14/h1-7,10H,8-9,11-13,21H2,(H,22,23,24). The van der Waals surface area contributed by atoms with E-state index in [2.05, 4.69) is 16.4 Å². The van der Waals surface area contributed by atoms with Crippen molar-refractivity contribution in [2.24, 2.45) is 4.99 Å². The largest absolute Gasteiger partial charge is 0.462 e. The lowest BCUT2D eigenvalue weighted by molar-refractivity contribution is 0.142. The summed E-state index contributed by atoms with van der Waals surface area (Å²) in [5.74, 6) is 0. The average Bonchev–Trinajstić information content (AvgIpc) is 3.02. The summed E-state index contributed by atoms with van der Waals surface area (Å²) in [7, 11) is 0. The summed E-state index contributed by atoms with van der Waals surface area (Å²) in [5, 5.41) is 2.60. The molecule has 4 rings (SSSR count). The van der Waals surface area contributed by atoms with Gasteiger partial charge in [-0.1, -0.05) is 36.4 Å². The number of nitrogens with zero attached hydrogens (tertiary/aromatic N) is 1. The van der Waals surface area contributed by atoms with E-state index in [0.29, 0.717) is 6.61 Å². The smallest absolute Gasteiger partial charge is 0.415 e. The summed E-state index contributed by atoms with van der Waals surface area (Å²) in [6.07, 6.45) is 2.00. The van der Waals surface area contributed by atoms with Crippen LogP contribution in [0.2, 0.25) is 0 Å². The Morgan fingerprint density at radius 3 is 2.92 bits per heavy atom. The number of nitrogens with two attached hydrogens (primary N) is 1. The van der Waals surface area contributed by atoms with Crippen LogP contribution in [-0.2, 0) is 28.9 Å². The molecule has 0 saturated heterocycles. The van der Waals surface area contributed by atoms with E-state index >= 15 is 0 Å². The molecule has 2 aromatic carbocycles. The van der Waals surface area contributed by atoms with Crippen LogP contribution >= 0.6 is 0 Å². The number of aliphatic imine (C=N–C) groups is 1. The number of nitrogens with one attached hydrogen (secondary N) is 1. The normalized spacial score (nSPS) is 20.8. The molecule has 1 unspecified atom stereocenters. The molecule has 1 spiro atoms. The van der Waals surface area contributed by atoms with Crippen LogP contribution in [0.5, 0.6) is 0 Å². The molecule has 2 aliphatic rings. The van der Waals surface area contributed by atoms with Gasteiger partial charge in [-0.05, 0) is 41.7 Å². The molecular weight excluding hydrogens is 330 g/mol. The lowest BCUT2D eigenvalue weighted by atomic mass is 9.79. The van der Waals surface area contributed by atoms with Crippen LogP contribution in [0.15, 0.2) is 53.5 Å². The fourth-order valence-corrected chi connectivity index (χ4v) is 3.48. The summed E-state index contributed by atoms with van der Waals surface area (Å²) >= 11 is 0. The lowest BCUT2D eigenvalue weighted by Gasteiger charge is -2.30. The highest BCUT2D eigenvalue weighted by Gasteiger charge is 2.40. The van der Waals surface area contributed by atoms with Crippen LogP contribution in [0.1, 0.15) is 23.1 Å². The first-order valence-electron chi connectivity index (χ1n) is 8.70. The van der Waals surface area contributed by atoms with Gasteiger partial charge in [0.25, 0.3) is 6.02 Å². The first-order valence-corrected chi connectivity index (χ1v) is 8.70. The zero-order valence-electron chi connectivity index (χ0n) is 14.4. The van der Waals surface area contributed by atoms with Gasteiger partial charge >= 0.3 is 6.09 Å². The average molecular weight is 351 g/mol. The van der Waals surface area contributed by atoms with E-state index < -0.39 is 6.09 Å². The van der Waals surface area contributed by atoms with E-state index in [0.717, 1.165) is 30.5 Å². The molecule has 0 fully saturated rings.